The topological polar surface area (TPSA) is 45.0 Å². The fraction of sp³-hybridized carbons (Fsp3) is 0.471. The molecule has 0 heterocycles. The second kappa shape index (κ2) is 7.72. The number of hydrogen-bond donors (Lipinski definition) is 1. The van der Waals surface area contributed by atoms with Gasteiger partial charge < -0.3 is 10.1 Å². The van der Waals surface area contributed by atoms with Crippen molar-refractivity contribution >= 4 is 0 Å². The maximum absolute atomic E-state index is 8.95. The van der Waals surface area contributed by atoms with Crippen LogP contribution in [0.5, 0.6) is 5.75 Å². The Labute approximate surface area is 121 Å². The van der Waals surface area contributed by atoms with E-state index in [1.54, 1.807) is 12.7 Å². The molecule has 0 aliphatic heterocycles. The lowest BCUT2D eigenvalue weighted by atomic mass is 9.97. The number of nitrogens with one attached hydrogen (secondary N) is 1. The molecular weight excluding hydrogens is 248 g/mol. The molecule has 2 rings (SSSR count). The average molecular weight is 270 g/mol. The minimum atomic E-state index is 0.587. The van der Waals surface area contributed by atoms with E-state index in [2.05, 4.69) is 17.5 Å². The van der Waals surface area contributed by atoms with Gasteiger partial charge in [0.05, 0.1) is 12.7 Å². The Bertz CT molecular complexity index is 514. The van der Waals surface area contributed by atoms with E-state index in [1.165, 1.54) is 25.7 Å². The number of ether oxygens (including phenoxy) is 1. The zero-order valence-electron chi connectivity index (χ0n) is 12.1. The zero-order chi connectivity index (χ0) is 14.2. The number of nitriles is 1. The summed E-state index contributed by atoms with van der Waals surface area (Å²) in [6.45, 7) is 1.82. The van der Waals surface area contributed by atoms with E-state index in [0.717, 1.165) is 25.1 Å². The van der Waals surface area contributed by atoms with Crippen LogP contribution in [0.15, 0.2) is 29.8 Å². The second-order valence-electron chi connectivity index (χ2n) is 5.18. The Morgan fingerprint density at radius 1 is 1.35 bits per heavy atom. The molecule has 0 unspecified atom stereocenters. The van der Waals surface area contributed by atoms with E-state index in [1.807, 2.05) is 18.2 Å². The fourth-order valence-corrected chi connectivity index (χ4v) is 2.55. The quantitative estimate of drug-likeness (QED) is 0.635. The number of benzene rings is 1. The van der Waals surface area contributed by atoms with Crippen LogP contribution in [0.1, 0.15) is 43.2 Å². The van der Waals surface area contributed by atoms with Crippen molar-refractivity contribution in [2.45, 2.75) is 38.6 Å². The van der Waals surface area contributed by atoms with Crippen LogP contribution in [0, 0.1) is 11.3 Å². The lowest BCUT2D eigenvalue weighted by Crippen LogP contribution is -2.15. The van der Waals surface area contributed by atoms with Gasteiger partial charge in [-0.05, 0) is 56.3 Å². The van der Waals surface area contributed by atoms with Gasteiger partial charge in [-0.15, -0.1) is 0 Å². The molecule has 1 aromatic carbocycles. The van der Waals surface area contributed by atoms with Crippen LogP contribution in [0.2, 0.25) is 0 Å². The minimum Gasteiger partial charge on any atom is -0.495 e. The van der Waals surface area contributed by atoms with Crippen LogP contribution >= 0.6 is 0 Å². The second-order valence-corrected chi connectivity index (χ2v) is 5.18. The lowest BCUT2D eigenvalue weighted by Gasteiger charge is -2.13. The molecule has 20 heavy (non-hydrogen) atoms. The molecule has 0 saturated heterocycles. The van der Waals surface area contributed by atoms with E-state index in [-0.39, 0.29) is 0 Å². The summed E-state index contributed by atoms with van der Waals surface area (Å²) in [6, 6.07) is 7.87. The average Bonchev–Trinajstić information content (AvgIpc) is 2.52. The van der Waals surface area contributed by atoms with Crippen molar-refractivity contribution in [3.05, 3.63) is 41.0 Å². The maximum atomic E-state index is 8.95. The number of hydrogen-bond acceptors (Lipinski definition) is 3. The molecule has 0 atom stereocenters. The molecule has 0 radical (unpaired) electrons. The predicted molar refractivity (Wildman–Crippen MR) is 80.6 cm³/mol. The highest BCUT2D eigenvalue weighted by atomic mass is 16.5. The first-order valence-corrected chi connectivity index (χ1v) is 7.29. The summed E-state index contributed by atoms with van der Waals surface area (Å²) in [4.78, 5) is 0. The Morgan fingerprint density at radius 2 is 2.25 bits per heavy atom. The number of rotatable bonds is 6. The summed E-state index contributed by atoms with van der Waals surface area (Å²) in [5.74, 6) is 0.654. The van der Waals surface area contributed by atoms with E-state index in [9.17, 15) is 0 Å². The SMILES string of the molecule is COc1cc(CNCCC2=CCCCC2)ccc1C#N. The number of methoxy groups -OCH3 is 1. The van der Waals surface area contributed by atoms with Gasteiger partial charge >= 0.3 is 0 Å². The van der Waals surface area contributed by atoms with E-state index >= 15 is 0 Å². The first-order chi connectivity index (χ1) is 9.83. The van der Waals surface area contributed by atoms with Gasteiger partial charge in [-0.3, -0.25) is 0 Å². The van der Waals surface area contributed by atoms with Gasteiger partial charge in [-0.1, -0.05) is 17.7 Å². The van der Waals surface area contributed by atoms with E-state index in [0.29, 0.717) is 11.3 Å². The third kappa shape index (κ3) is 4.11. The number of nitrogens with zero attached hydrogens (tertiary/aromatic N) is 1. The van der Waals surface area contributed by atoms with Gasteiger partial charge in [-0.2, -0.15) is 5.26 Å². The third-order valence-corrected chi connectivity index (χ3v) is 3.72. The molecule has 1 aliphatic rings. The molecule has 1 aliphatic carbocycles. The van der Waals surface area contributed by atoms with Crippen molar-refractivity contribution in [3.8, 4) is 11.8 Å². The van der Waals surface area contributed by atoms with Crippen LogP contribution in [0.3, 0.4) is 0 Å². The summed E-state index contributed by atoms with van der Waals surface area (Å²) in [6.07, 6.45) is 8.76. The van der Waals surface area contributed by atoms with Crippen LogP contribution < -0.4 is 10.1 Å². The summed E-state index contributed by atoms with van der Waals surface area (Å²) >= 11 is 0. The van der Waals surface area contributed by atoms with Crippen molar-refractivity contribution in [2.24, 2.45) is 0 Å². The first kappa shape index (κ1) is 14.6. The monoisotopic (exact) mass is 270 g/mol. The summed E-state index contributed by atoms with van der Waals surface area (Å²) < 4.78 is 5.22. The molecule has 0 bridgehead atoms. The first-order valence-electron chi connectivity index (χ1n) is 7.29. The molecule has 1 aromatic rings. The molecule has 0 aromatic heterocycles. The molecule has 1 N–H and O–H groups in total. The normalized spacial score (nSPS) is 14.5. The van der Waals surface area contributed by atoms with Crippen molar-refractivity contribution in [1.29, 1.82) is 5.26 Å². The summed E-state index contributed by atoms with van der Waals surface area (Å²) in [5.41, 5.74) is 3.34. The van der Waals surface area contributed by atoms with Gasteiger partial charge in [0.2, 0.25) is 0 Å². The molecule has 0 spiro atoms. The fourth-order valence-electron chi connectivity index (χ4n) is 2.55. The predicted octanol–water partition coefficient (Wildman–Crippen LogP) is 3.55. The minimum absolute atomic E-state index is 0.587. The van der Waals surface area contributed by atoms with Crippen LogP contribution in [0.4, 0.5) is 0 Å². The van der Waals surface area contributed by atoms with Crippen LogP contribution in [0.25, 0.3) is 0 Å². The highest BCUT2D eigenvalue weighted by Crippen LogP contribution is 2.20. The van der Waals surface area contributed by atoms with Crippen LogP contribution in [-0.2, 0) is 6.54 Å². The zero-order valence-corrected chi connectivity index (χ0v) is 12.1. The molecule has 0 saturated carbocycles. The summed E-state index contributed by atoms with van der Waals surface area (Å²) in [7, 11) is 1.60. The molecule has 3 heteroatoms. The van der Waals surface area contributed by atoms with Gasteiger partial charge in [0.1, 0.15) is 11.8 Å². The smallest absolute Gasteiger partial charge is 0.136 e. The van der Waals surface area contributed by atoms with Crippen molar-refractivity contribution in [1.82, 2.24) is 5.32 Å². The Kier molecular flexibility index (Phi) is 5.64. The highest BCUT2D eigenvalue weighted by Gasteiger charge is 2.05. The van der Waals surface area contributed by atoms with Gasteiger partial charge in [0, 0.05) is 6.54 Å². The molecule has 106 valence electrons. The van der Waals surface area contributed by atoms with Crippen molar-refractivity contribution in [2.75, 3.05) is 13.7 Å². The standard InChI is InChI=1S/C17H22N2O/c1-20-17-11-15(7-8-16(17)12-18)13-19-10-9-14-5-3-2-4-6-14/h5,7-8,11,19H,2-4,6,9-10,13H2,1H3. The molecule has 3 nitrogen and oxygen atoms in total. The Morgan fingerprint density at radius 3 is 2.95 bits per heavy atom. The van der Waals surface area contributed by atoms with Crippen molar-refractivity contribution in [3.63, 3.8) is 0 Å². The third-order valence-electron chi connectivity index (χ3n) is 3.72. The van der Waals surface area contributed by atoms with E-state index < -0.39 is 0 Å². The van der Waals surface area contributed by atoms with Gasteiger partial charge in [-0.25, -0.2) is 0 Å². The molecule has 0 fully saturated rings. The maximum Gasteiger partial charge on any atom is 0.136 e. The largest absolute Gasteiger partial charge is 0.495 e. The van der Waals surface area contributed by atoms with Crippen LogP contribution in [-0.4, -0.2) is 13.7 Å². The van der Waals surface area contributed by atoms with Gasteiger partial charge in [0.15, 0.2) is 0 Å². The Balaban J connectivity index is 1.79. The van der Waals surface area contributed by atoms with E-state index in [4.69, 9.17) is 10.00 Å². The van der Waals surface area contributed by atoms with Crippen molar-refractivity contribution < 1.29 is 4.74 Å². The highest BCUT2D eigenvalue weighted by molar-refractivity contribution is 5.45. The summed E-state index contributed by atoms with van der Waals surface area (Å²) in [5, 5.41) is 12.4. The molecular formula is C17H22N2O. The Hall–Kier alpha value is -1.79. The van der Waals surface area contributed by atoms with Gasteiger partial charge in [0.25, 0.3) is 0 Å². The number of allylic oxidation sites excluding steroid dienone is 1. The lowest BCUT2D eigenvalue weighted by molar-refractivity contribution is 0.412. The molecule has 0 amide bonds.